The fourth-order valence-electron chi connectivity index (χ4n) is 2.50. The van der Waals surface area contributed by atoms with Crippen LogP contribution in [-0.2, 0) is 16.1 Å². The van der Waals surface area contributed by atoms with Crippen molar-refractivity contribution in [3.8, 4) is 0 Å². The predicted octanol–water partition coefficient (Wildman–Crippen LogP) is 1.60. The zero-order valence-corrected chi connectivity index (χ0v) is 11.4. The Morgan fingerprint density at radius 1 is 1.37 bits per heavy atom. The normalized spacial score (nSPS) is 15.8. The maximum Gasteiger partial charge on any atom is 0.220 e. The van der Waals surface area contributed by atoms with Crippen molar-refractivity contribution >= 4 is 5.91 Å². The molecular formula is C14H23N3O2. The highest BCUT2D eigenvalue weighted by Crippen LogP contribution is 2.27. The van der Waals surface area contributed by atoms with Gasteiger partial charge in [0.15, 0.2) is 0 Å². The molecule has 1 fully saturated rings. The number of imidazole rings is 1. The second-order valence-corrected chi connectivity index (χ2v) is 5.12. The summed E-state index contributed by atoms with van der Waals surface area (Å²) in [6.07, 6.45) is 11.1. The lowest BCUT2D eigenvalue weighted by Crippen LogP contribution is -2.28. The van der Waals surface area contributed by atoms with E-state index in [1.54, 1.807) is 12.5 Å². The molecule has 1 amide bonds. The van der Waals surface area contributed by atoms with Crippen molar-refractivity contribution in [2.24, 2.45) is 5.92 Å². The molecule has 1 heterocycles. The van der Waals surface area contributed by atoms with Gasteiger partial charge in [0.1, 0.15) is 0 Å². The minimum atomic E-state index is 0.171. The highest BCUT2D eigenvalue weighted by molar-refractivity contribution is 5.76. The Morgan fingerprint density at radius 2 is 2.21 bits per heavy atom. The molecule has 0 saturated heterocycles. The van der Waals surface area contributed by atoms with Gasteiger partial charge in [-0.05, 0) is 18.8 Å². The van der Waals surface area contributed by atoms with Crippen LogP contribution in [0.4, 0.5) is 0 Å². The lowest BCUT2D eigenvalue weighted by molar-refractivity contribution is -0.122. The van der Waals surface area contributed by atoms with E-state index in [0.29, 0.717) is 32.1 Å². The highest BCUT2D eigenvalue weighted by Gasteiger charge is 2.17. The van der Waals surface area contributed by atoms with Crippen molar-refractivity contribution in [3.05, 3.63) is 18.7 Å². The van der Waals surface area contributed by atoms with Crippen LogP contribution >= 0.6 is 0 Å². The van der Waals surface area contributed by atoms with Crippen LogP contribution in [0.15, 0.2) is 18.7 Å². The summed E-state index contributed by atoms with van der Waals surface area (Å²) in [7, 11) is 0. The third-order valence-electron chi connectivity index (χ3n) is 3.57. The van der Waals surface area contributed by atoms with Crippen LogP contribution in [0.3, 0.4) is 0 Å². The van der Waals surface area contributed by atoms with E-state index in [-0.39, 0.29) is 5.91 Å². The SMILES string of the molecule is O=C(CC1CCCC1)NCCOCCn1ccnc1. The first-order chi connectivity index (χ1) is 9.34. The van der Waals surface area contributed by atoms with E-state index in [1.807, 2.05) is 10.8 Å². The number of carbonyl (C=O) groups is 1. The monoisotopic (exact) mass is 265 g/mol. The number of nitrogens with zero attached hydrogens (tertiary/aromatic N) is 2. The van der Waals surface area contributed by atoms with E-state index in [1.165, 1.54) is 25.7 Å². The van der Waals surface area contributed by atoms with Gasteiger partial charge in [0, 0.05) is 31.9 Å². The van der Waals surface area contributed by atoms with Crippen LogP contribution in [0, 0.1) is 5.92 Å². The molecule has 1 N–H and O–H groups in total. The zero-order valence-electron chi connectivity index (χ0n) is 11.4. The van der Waals surface area contributed by atoms with Gasteiger partial charge in [-0.25, -0.2) is 4.98 Å². The summed E-state index contributed by atoms with van der Waals surface area (Å²) in [5.74, 6) is 0.785. The average molecular weight is 265 g/mol. The largest absolute Gasteiger partial charge is 0.378 e. The van der Waals surface area contributed by atoms with Crippen LogP contribution in [0.2, 0.25) is 0 Å². The first-order valence-electron chi connectivity index (χ1n) is 7.15. The Morgan fingerprint density at radius 3 is 2.95 bits per heavy atom. The predicted molar refractivity (Wildman–Crippen MR) is 72.6 cm³/mol. The van der Waals surface area contributed by atoms with Gasteiger partial charge < -0.3 is 14.6 Å². The number of hydrogen-bond acceptors (Lipinski definition) is 3. The molecule has 0 spiro atoms. The summed E-state index contributed by atoms with van der Waals surface area (Å²) in [5, 5.41) is 2.92. The topological polar surface area (TPSA) is 56.1 Å². The number of hydrogen-bond donors (Lipinski definition) is 1. The lowest BCUT2D eigenvalue weighted by atomic mass is 10.0. The molecule has 5 nitrogen and oxygen atoms in total. The molecule has 0 aliphatic heterocycles. The maximum atomic E-state index is 11.6. The molecule has 1 aliphatic carbocycles. The first-order valence-corrected chi connectivity index (χ1v) is 7.15. The summed E-state index contributed by atoms with van der Waals surface area (Å²) in [5.41, 5.74) is 0. The second kappa shape index (κ2) is 7.94. The molecule has 0 aromatic carbocycles. The molecule has 0 bridgehead atoms. The van der Waals surface area contributed by atoms with Gasteiger partial charge in [0.2, 0.25) is 5.91 Å². The summed E-state index contributed by atoms with van der Waals surface area (Å²) in [6.45, 7) is 2.63. The minimum absolute atomic E-state index is 0.171. The van der Waals surface area contributed by atoms with E-state index >= 15 is 0 Å². The van der Waals surface area contributed by atoms with E-state index in [4.69, 9.17) is 4.74 Å². The van der Waals surface area contributed by atoms with Crippen molar-refractivity contribution in [1.29, 1.82) is 0 Å². The van der Waals surface area contributed by atoms with Crippen molar-refractivity contribution in [2.45, 2.75) is 38.6 Å². The van der Waals surface area contributed by atoms with Crippen LogP contribution in [-0.4, -0.2) is 35.2 Å². The van der Waals surface area contributed by atoms with E-state index in [0.717, 1.165) is 6.54 Å². The maximum absolute atomic E-state index is 11.6. The van der Waals surface area contributed by atoms with Crippen LogP contribution in [0.5, 0.6) is 0 Å². The average Bonchev–Trinajstić information content (AvgIpc) is 3.06. The highest BCUT2D eigenvalue weighted by atomic mass is 16.5. The quantitative estimate of drug-likeness (QED) is 0.726. The molecule has 5 heteroatoms. The van der Waals surface area contributed by atoms with Crippen molar-refractivity contribution in [1.82, 2.24) is 14.9 Å². The minimum Gasteiger partial charge on any atom is -0.378 e. The van der Waals surface area contributed by atoms with Crippen LogP contribution in [0.1, 0.15) is 32.1 Å². The molecule has 1 aromatic rings. The van der Waals surface area contributed by atoms with E-state index in [2.05, 4.69) is 10.3 Å². The number of nitrogens with one attached hydrogen (secondary N) is 1. The fraction of sp³-hybridized carbons (Fsp3) is 0.714. The number of ether oxygens (including phenoxy) is 1. The molecule has 0 radical (unpaired) electrons. The summed E-state index contributed by atoms with van der Waals surface area (Å²) < 4.78 is 7.43. The van der Waals surface area contributed by atoms with Crippen molar-refractivity contribution in [2.75, 3.05) is 19.8 Å². The molecule has 2 rings (SSSR count). The molecule has 19 heavy (non-hydrogen) atoms. The molecule has 1 aliphatic rings. The first kappa shape index (κ1) is 14.1. The van der Waals surface area contributed by atoms with Crippen molar-refractivity contribution < 1.29 is 9.53 Å². The number of aromatic nitrogens is 2. The molecule has 0 unspecified atom stereocenters. The van der Waals surface area contributed by atoms with E-state index < -0.39 is 0 Å². The third-order valence-corrected chi connectivity index (χ3v) is 3.57. The van der Waals surface area contributed by atoms with Crippen molar-refractivity contribution in [3.63, 3.8) is 0 Å². The Kier molecular flexibility index (Phi) is 5.88. The number of rotatable bonds is 8. The second-order valence-electron chi connectivity index (χ2n) is 5.12. The summed E-state index contributed by atoms with van der Waals surface area (Å²) in [4.78, 5) is 15.6. The van der Waals surface area contributed by atoms with Gasteiger partial charge >= 0.3 is 0 Å². The Hall–Kier alpha value is -1.36. The number of carbonyl (C=O) groups excluding carboxylic acids is 1. The Labute approximate surface area is 114 Å². The molecule has 106 valence electrons. The van der Waals surface area contributed by atoms with Gasteiger partial charge in [0.25, 0.3) is 0 Å². The third kappa shape index (κ3) is 5.42. The molecular weight excluding hydrogens is 242 g/mol. The van der Waals surface area contributed by atoms with Crippen LogP contribution in [0.25, 0.3) is 0 Å². The van der Waals surface area contributed by atoms with Gasteiger partial charge in [-0.2, -0.15) is 0 Å². The standard InChI is InChI=1S/C14H23N3O2/c18-14(11-13-3-1-2-4-13)16-6-9-19-10-8-17-7-5-15-12-17/h5,7,12-13H,1-4,6,8-11H2,(H,16,18). The fourth-order valence-corrected chi connectivity index (χ4v) is 2.50. The van der Waals surface area contributed by atoms with Gasteiger partial charge in [-0.1, -0.05) is 12.8 Å². The van der Waals surface area contributed by atoms with Gasteiger partial charge in [0.05, 0.1) is 19.5 Å². The van der Waals surface area contributed by atoms with Crippen LogP contribution < -0.4 is 5.32 Å². The van der Waals surface area contributed by atoms with E-state index in [9.17, 15) is 4.79 Å². The Bertz CT molecular complexity index is 359. The summed E-state index contributed by atoms with van der Waals surface area (Å²) in [6, 6.07) is 0. The number of amides is 1. The van der Waals surface area contributed by atoms with Gasteiger partial charge in [-0.15, -0.1) is 0 Å². The Balaban J connectivity index is 1.44. The summed E-state index contributed by atoms with van der Waals surface area (Å²) >= 11 is 0. The zero-order chi connectivity index (χ0) is 13.3. The van der Waals surface area contributed by atoms with Gasteiger partial charge in [-0.3, -0.25) is 4.79 Å². The molecule has 0 atom stereocenters. The lowest BCUT2D eigenvalue weighted by Gasteiger charge is -2.10. The molecule has 1 saturated carbocycles. The smallest absolute Gasteiger partial charge is 0.220 e. The molecule has 1 aromatic heterocycles.